The number of benzene rings is 1. The molecule has 0 unspecified atom stereocenters. The van der Waals surface area contributed by atoms with Gasteiger partial charge in [-0.2, -0.15) is 0 Å². The third-order valence-corrected chi connectivity index (χ3v) is 5.14. The first-order chi connectivity index (χ1) is 11.7. The smallest absolute Gasteiger partial charge is 0.0486 e. The van der Waals surface area contributed by atoms with E-state index in [1.807, 2.05) is 12.3 Å². The van der Waals surface area contributed by atoms with E-state index < -0.39 is 0 Å². The predicted molar refractivity (Wildman–Crippen MR) is 99.3 cm³/mol. The molecular weight excluding hydrogens is 294 g/mol. The Kier molecular flexibility index (Phi) is 4.11. The molecule has 3 aromatic rings. The molecule has 0 radical (unpaired) electrons. The second-order valence-electron chi connectivity index (χ2n) is 7.01. The minimum Gasteiger partial charge on any atom is -0.344 e. The molecule has 0 amide bonds. The molecule has 0 bridgehead atoms. The lowest BCUT2D eigenvalue weighted by atomic mass is 10.1. The van der Waals surface area contributed by atoms with Crippen LogP contribution >= 0.6 is 0 Å². The number of rotatable bonds is 3. The van der Waals surface area contributed by atoms with E-state index >= 15 is 0 Å². The monoisotopic (exact) mass is 319 g/mol. The lowest BCUT2D eigenvalue weighted by Crippen LogP contribution is -2.17. The average molecular weight is 319 g/mol. The highest BCUT2D eigenvalue weighted by molar-refractivity contribution is 5.86. The van der Waals surface area contributed by atoms with E-state index in [0.29, 0.717) is 0 Å². The maximum absolute atomic E-state index is 4.49. The lowest BCUT2D eigenvalue weighted by Gasteiger charge is -2.12. The van der Waals surface area contributed by atoms with Crippen LogP contribution in [0.4, 0.5) is 0 Å². The molecule has 3 heterocycles. The third kappa shape index (κ3) is 2.84. The summed E-state index contributed by atoms with van der Waals surface area (Å²) >= 11 is 0. The van der Waals surface area contributed by atoms with Crippen LogP contribution in [0.3, 0.4) is 0 Å². The van der Waals surface area contributed by atoms with Crippen LogP contribution in [0.5, 0.6) is 0 Å². The summed E-state index contributed by atoms with van der Waals surface area (Å²) in [6, 6.07) is 13.1. The summed E-state index contributed by atoms with van der Waals surface area (Å²) < 4.78 is 2.55. The molecule has 1 aliphatic rings. The number of hydrogen-bond donors (Lipinski definition) is 0. The third-order valence-electron chi connectivity index (χ3n) is 5.14. The molecule has 0 saturated heterocycles. The Hall–Kier alpha value is -2.13. The van der Waals surface area contributed by atoms with Crippen molar-refractivity contribution < 1.29 is 0 Å². The van der Waals surface area contributed by atoms with Crippen molar-refractivity contribution in [2.24, 2.45) is 0 Å². The van der Waals surface area contributed by atoms with Gasteiger partial charge in [0.25, 0.3) is 0 Å². The second-order valence-corrected chi connectivity index (χ2v) is 7.01. The van der Waals surface area contributed by atoms with Crippen molar-refractivity contribution in [1.29, 1.82) is 0 Å². The van der Waals surface area contributed by atoms with Crippen molar-refractivity contribution in [3.8, 4) is 0 Å². The Morgan fingerprint density at radius 2 is 2.08 bits per heavy atom. The topological polar surface area (TPSA) is 21.1 Å². The van der Waals surface area contributed by atoms with Gasteiger partial charge in [0, 0.05) is 48.0 Å². The Labute approximate surface area is 143 Å². The van der Waals surface area contributed by atoms with E-state index in [1.54, 1.807) is 0 Å². The molecule has 0 spiro atoms. The van der Waals surface area contributed by atoms with Gasteiger partial charge in [-0.1, -0.05) is 17.7 Å². The zero-order valence-electron chi connectivity index (χ0n) is 14.6. The van der Waals surface area contributed by atoms with Crippen LogP contribution in [0.2, 0.25) is 0 Å². The minimum atomic E-state index is 0.987. The van der Waals surface area contributed by atoms with E-state index in [2.05, 4.69) is 58.8 Å². The van der Waals surface area contributed by atoms with Gasteiger partial charge in [0.2, 0.25) is 0 Å². The highest BCUT2D eigenvalue weighted by Crippen LogP contribution is 2.31. The van der Waals surface area contributed by atoms with E-state index in [-0.39, 0.29) is 0 Å². The molecule has 0 atom stereocenters. The van der Waals surface area contributed by atoms with E-state index in [4.69, 9.17) is 0 Å². The summed E-state index contributed by atoms with van der Waals surface area (Å²) in [5, 5.41) is 1.44. The maximum atomic E-state index is 4.49. The minimum absolute atomic E-state index is 0.987. The molecule has 3 heteroatoms. The molecule has 2 aromatic heterocycles. The molecule has 1 aliphatic heterocycles. The molecule has 0 fully saturated rings. The Morgan fingerprint density at radius 3 is 2.92 bits per heavy atom. The first-order valence-electron chi connectivity index (χ1n) is 8.91. The maximum Gasteiger partial charge on any atom is 0.0486 e. The number of aryl methyl sites for hydroxylation is 3. The summed E-state index contributed by atoms with van der Waals surface area (Å²) in [5.74, 6) is 0. The van der Waals surface area contributed by atoms with Gasteiger partial charge < -0.3 is 9.47 Å². The number of pyridine rings is 1. The van der Waals surface area contributed by atoms with Crippen molar-refractivity contribution in [2.45, 2.75) is 39.3 Å². The fraction of sp³-hybridized carbons (Fsp3) is 0.381. The van der Waals surface area contributed by atoms with Gasteiger partial charge in [-0.3, -0.25) is 4.98 Å². The molecule has 124 valence electrons. The number of aromatic nitrogens is 2. The van der Waals surface area contributed by atoms with Crippen LogP contribution < -0.4 is 0 Å². The van der Waals surface area contributed by atoms with Gasteiger partial charge in [-0.25, -0.2) is 0 Å². The van der Waals surface area contributed by atoms with Gasteiger partial charge in [0.15, 0.2) is 0 Å². The SMILES string of the molecule is Cc1ccc2c(c1)c1c(n2CCc2ccccn2)CCCN(C)C1. The van der Waals surface area contributed by atoms with Crippen LogP contribution in [-0.2, 0) is 25.9 Å². The highest BCUT2D eigenvalue weighted by atomic mass is 15.1. The number of fused-ring (bicyclic) bond motifs is 3. The lowest BCUT2D eigenvalue weighted by molar-refractivity contribution is 0.333. The van der Waals surface area contributed by atoms with Crippen LogP contribution in [0.15, 0.2) is 42.6 Å². The van der Waals surface area contributed by atoms with Gasteiger partial charge in [-0.05, 0) is 63.2 Å². The van der Waals surface area contributed by atoms with E-state index in [9.17, 15) is 0 Å². The van der Waals surface area contributed by atoms with Crippen molar-refractivity contribution in [1.82, 2.24) is 14.5 Å². The average Bonchev–Trinajstić information content (AvgIpc) is 2.73. The first kappa shape index (κ1) is 15.4. The summed E-state index contributed by atoms with van der Waals surface area (Å²) in [7, 11) is 2.24. The van der Waals surface area contributed by atoms with Crippen molar-refractivity contribution in [2.75, 3.05) is 13.6 Å². The fourth-order valence-corrected chi connectivity index (χ4v) is 3.95. The predicted octanol–water partition coefficient (Wildman–Crippen LogP) is 3.97. The zero-order valence-corrected chi connectivity index (χ0v) is 14.6. The molecule has 0 aliphatic carbocycles. The standard InChI is InChI=1S/C21H25N3/c1-16-8-9-21-18(14-16)19-15-23(2)12-5-7-20(19)24(21)13-10-17-6-3-4-11-22-17/h3-4,6,8-9,11,14H,5,7,10,12-13,15H2,1-2H3. The number of hydrogen-bond acceptors (Lipinski definition) is 2. The van der Waals surface area contributed by atoms with Crippen molar-refractivity contribution >= 4 is 10.9 Å². The molecule has 0 N–H and O–H groups in total. The van der Waals surface area contributed by atoms with Gasteiger partial charge in [0.05, 0.1) is 0 Å². The highest BCUT2D eigenvalue weighted by Gasteiger charge is 2.20. The van der Waals surface area contributed by atoms with Crippen LogP contribution in [0.25, 0.3) is 10.9 Å². The van der Waals surface area contributed by atoms with Gasteiger partial charge in [-0.15, -0.1) is 0 Å². The van der Waals surface area contributed by atoms with Crippen molar-refractivity contribution in [3.63, 3.8) is 0 Å². The summed E-state index contributed by atoms with van der Waals surface area (Å²) in [6.45, 7) is 5.45. The molecule has 4 rings (SSSR count). The Bertz CT molecular complexity index is 848. The summed E-state index contributed by atoms with van der Waals surface area (Å²) in [5.41, 5.74) is 6.98. The molecule has 3 nitrogen and oxygen atoms in total. The summed E-state index contributed by atoms with van der Waals surface area (Å²) in [4.78, 5) is 6.95. The van der Waals surface area contributed by atoms with E-state index in [0.717, 1.165) is 19.5 Å². The van der Waals surface area contributed by atoms with Crippen LogP contribution in [0.1, 0.15) is 28.9 Å². The van der Waals surface area contributed by atoms with Crippen LogP contribution in [0, 0.1) is 6.92 Å². The number of nitrogens with zero attached hydrogens (tertiary/aromatic N) is 3. The largest absolute Gasteiger partial charge is 0.344 e. The molecule has 24 heavy (non-hydrogen) atoms. The van der Waals surface area contributed by atoms with Crippen molar-refractivity contribution in [3.05, 3.63) is 65.1 Å². The quantitative estimate of drug-likeness (QED) is 0.728. The zero-order chi connectivity index (χ0) is 16.5. The fourth-order valence-electron chi connectivity index (χ4n) is 3.95. The second kappa shape index (κ2) is 6.40. The van der Waals surface area contributed by atoms with Gasteiger partial charge >= 0.3 is 0 Å². The molecule has 0 saturated carbocycles. The van der Waals surface area contributed by atoms with Gasteiger partial charge in [0.1, 0.15) is 0 Å². The Balaban J connectivity index is 1.77. The normalized spacial score (nSPS) is 15.4. The van der Waals surface area contributed by atoms with Crippen LogP contribution in [-0.4, -0.2) is 28.0 Å². The summed E-state index contributed by atoms with van der Waals surface area (Å²) in [6.07, 6.45) is 5.29. The Morgan fingerprint density at radius 1 is 1.17 bits per heavy atom. The molecular formula is C21H25N3. The molecule has 1 aromatic carbocycles. The van der Waals surface area contributed by atoms with E-state index in [1.165, 1.54) is 52.8 Å². The first-order valence-corrected chi connectivity index (χ1v) is 8.91.